The smallest absolute Gasteiger partial charge is 0.262 e. The second kappa shape index (κ2) is 5.56. The normalized spacial score (nSPS) is 13.7. The fraction of sp³-hybridized carbons (Fsp3) is 0.0526. The van der Waals surface area contributed by atoms with E-state index in [-0.39, 0.29) is 11.8 Å². The van der Waals surface area contributed by atoms with Crippen molar-refractivity contribution in [3.8, 4) is 0 Å². The van der Waals surface area contributed by atoms with Crippen LogP contribution in [0.15, 0.2) is 71.6 Å². The average molecular weight is 319 g/mol. The van der Waals surface area contributed by atoms with Crippen LogP contribution in [0.2, 0.25) is 0 Å². The van der Waals surface area contributed by atoms with Crippen molar-refractivity contribution in [2.75, 3.05) is 5.88 Å². The van der Waals surface area contributed by atoms with Crippen molar-refractivity contribution in [2.24, 2.45) is 0 Å². The molecule has 1 heterocycles. The number of thioether (sulfide) groups is 1. The first kappa shape index (κ1) is 14.0. The van der Waals surface area contributed by atoms with Gasteiger partial charge in [-0.3, -0.25) is 14.5 Å². The molecule has 1 aliphatic rings. The van der Waals surface area contributed by atoms with Gasteiger partial charge >= 0.3 is 0 Å². The number of carbonyl (C=O) groups is 2. The van der Waals surface area contributed by atoms with E-state index in [0.717, 1.165) is 10.3 Å². The molecule has 0 spiro atoms. The third-order valence-electron chi connectivity index (χ3n) is 3.96. The first-order valence-corrected chi connectivity index (χ1v) is 8.29. The molecule has 0 aromatic heterocycles. The number of hydrogen-bond acceptors (Lipinski definition) is 3. The highest BCUT2D eigenvalue weighted by Gasteiger charge is 2.34. The highest BCUT2D eigenvalue weighted by atomic mass is 32.2. The lowest BCUT2D eigenvalue weighted by molar-refractivity contribution is 0.0684. The molecule has 0 atom stereocenters. The molecule has 0 bridgehead atoms. The first-order valence-electron chi connectivity index (χ1n) is 7.31. The SMILES string of the molecule is O=C1c2ccccc2C(=O)N1CSc1ccc2ccccc2c1. The van der Waals surface area contributed by atoms with E-state index in [9.17, 15) is 9.59 Å². The molecule has 0 unspecified atom stereocenters. The molecule has 3 nitrogen and oxygen atoms in total. The zero-order chi connectivity index (χ0) is 15.8. The maximum Gasteiger partial charge on any atom is 0.262 e. The Balaban J connectivity index is 1.55. The van der Waals surface area contributed by atoms with Crippen LogP contribution >= 0.6 is 11.8 Å². The lowest BCUT2D eigenvalue weighted by Gasteiger charge is -2.13. The topological polar surface area (TPSA) is 37.4 Å². The van der Waals surface area contributed by atoms with Gasteiger partial charge in [0.15, 0.2) is 0 Å². The summed E-state index contributed by atoms with van der Waals surface area (Å²) in [5.74, 6) is -0.0946. The van der Waals surface area contributed by atoms with E-state index in [1.807, 2.05) is 18.2 Å². The number of fused-ring (bicyclic) bond motifs is 2. The van der Waals surface area contributed by atoms with Crippen LogP contribution in [-0.2, 0) is 0 Å². The number of imide groups is 1. The summed E-state index contributed by atoms with van der Waals surface area (Å²) in [6.07, 6.45) is 0. The predicted octanol–water partition coefficient (Wildman–Crippen LogP) is 4.19. The fourth-order valence-electron chi connectivity index (χ4n) is 2.75. The quantitative estimate of drug-likeness (QED) is 0.537. The Bertz CT molecular complexity index is 900. The van der Waals surface area contributed by atoms with Gasteiger partial charge in [0.05, 0.1) is 17.0 Å². The van der Waals surface area contributed by atoms with Crippen molar-refractivity contribution < 1.29 is 9.59 Å². The summed E-state index contributed by atoms with van der Waals surface area (Å²) in [5.41, 5.74) is 0.994. The molecule has 23 heavy (non-hydrogen) atoms. The third kappa shape index (κ3) is 2.41. The lowest BCUT2D eigenvalue weighted by atomic mass is 10.1. The van der Waals surface area contributed by atoms with Crippen LogP contribution in [0.25, 0.3) is 10.8 Å². The molecule has 3 aromatic carbocycles. The summed E-state index contributed by atoms with van der Waals surface area (Å²) in [6.45, 7) is 0. The molecule has 2 amide bonds. The molecule has 4 heteroatoms. The number of amides is 2. The molecule has 0 aliphatic carbocycles. The average Bonchev–Trinajstić information content (AvgIpc) is 2.84. The molecule has 112 valence electrons. The molecule has 1 aliphatic heterocycles. The fourth-order valence-corrected chi connectivity index (χ4v) is 3.64. The van der Waals surface area contributed by atoms with Crippen LogP contribution in [0.4, 0.5) is 0 Å². The molecule has 4 rings (SSSR count). The van der Waals surface area contributed by atoms with Crippen molar-refractivity contribution in [2.45, 2.75) is 4.90 Å². The number of carbonyl (C=O) groups excluding carboxylic acids is 2. The van der Waals surface area contributed by atoms with Crippen molar-refractivity contribution in [3.05, 3.63) is 77.9 Å². The minimum Gasteiger partial charge on any atom is -0.269 e. The van der Waals surface area contributed by atoms with Gasteiger partial charge in [-0.1, -0.05) is 42.5 Å². The van der Waals surface area contributed by atoms with Gasteiger partial charge in [0.2, 0.25) is 0 Å². The van der Waals surface area contributed by atoms with Gasteiger partial charge < -0.3 is 0 Å². The maximum atomic E-state index is 12.3. The van der Waals surface area contributed by atoms with Crippen molar-refractivity contribution >= 4 is 34.3 Å². The summed E-state index contributed by atoms with van der Waals surface area (Å²) in [6, 6.07) is 21.3. The predicted molar refractivity (Wildman–Crippen MR) is 91.6 cm³/mol. The Hall–Kier alpha value is -2.59. The van der Waals surface area contributed by atoms with Crippen molar-refractivity contribution in [3.63, 3.8) is 0 Å². The van der Waals surface area contributed by atoms with Gasteiger partial charge in [-0.25, -0.2) is 0 Å². The number of rotatable bonds is 3. The molecule has 0 saturated heterocycles. The minimum atomic E-state index is -0.209. The summed E-state index contributed by atoms with van der Waals surface area (Å²) >= 11 is 1.49. The molecule has 0 saturated carbocycles. The second-order valence-corrected chi connectivity index (χ2v) is 6.38. The van der Waals surface area contributed by atoms with Gasteiger partial charge in [0.25, 0.3) is 11.8 Å². The van der Waals surface area contributed by atoms with E-state index >= 15 is 0 Å². The summed E-state index contributed by atoms with van der Waals surface area (Å²) in [7, 11) is 0. The van der Waals surface area contributed by atoms with Crippen LogP contribution < -0.4 is 0 Å². The minimum absolute atomic E-state index is 0.209. The van der Waals surface area contributed by atoms with Gasteiger partial charge in [0, 0.05) is 4.90 Å². The van der Waals surface area contributed by atoms with Crippen LogP contribution in [-0.4, -0.2) is 22.6 Å². The summed E-state index contributed by atoms with van der Waals surface area (Å²) in [5, 5.41) is 2.33. The van der Waals surface area contributed by atoms with E-state index in [0.29, 0.717) is 17.0 Å². The first-order chi connectivity index (χ1) is 11.2. The van der Waals surface area contributed by atoms with Gasteiger partial charge in [0.1, 0.15) is 0 Å². The lowest BCUT2D eigenvalue weighted by Crippen LogP contribution is -2.29. The van der Waals surface area contributed by atoms with Crippen molar-refractivity contribution in [1.29, 1.82) is 0 Å². The van der Waals surface area contributed by atoms with E-state index in [1.165, 1.54) is 22.0 Å². The van der Waals surface area contributed by atoms with Crippen LogP contribution in [0.5, 0.6) is 0 Å². The molecule has 0 N–H and O–H groups in total. The highest BCUT2D eigenvalue weighted by molar-refractivity contribution is 7.99. The van der Waals surface area contributed by atoms with E-state index in [4.69, 9.17) is 0 Å². The van der Waals surface area contributed by atoms with E-state index in [2.05, 4.69) is 24.3 Å². The van der Waals surface area contributed by atoms with Gasteiger partial charge in [-0.15, -0.1) is 11.8 Å². The molecule has 0 radical (unpaired) electrons. The number of hydrogen-bond donors (Lipinski definition) is 0. The zero-order valence-corrected chi connectivity index (χ0v) is 13.0. The molecule has 3 aromatic rings. The van der Waals surface area contributed by atoms with Crippen molar-refractivity contribution in [1.82, 2.24) is 4.90 Å². The maximum absolute atomic E-state index is 12.3. The second-order valence-electron chi connectivity index (χ2n) is 5.37. The molecule has 0 fully saturated rings. The Morgan fingerprint density at radius 2 is 1.35 bits per heavy atom. The zero-order valence-electron chi connectivity index (χ0n) is 12.2. The Kier molecular flexibility index (Phi) is 3.39. The molecular weight excluding hydrogens is 306 g/mol. The summed E-state index contributed by atoms with van der Waals surface area (Å²) < 4.78 is 0. The Morgan fingerprint density at radius 1 is 0.739 bits per heavy atom. The van der Waals surface area contributed by atoms with Gasteiger partial charge in [-0.2, -0.15) is 0 Å². The highest BCUT2D eigenvalue weighted by Crippen LogP contribution is 2.28. The number of nitrogens with zero attached hydrogens (tertiary/aromatic N) is 1. The Morgan fingerprint density at radius 3 is 2.04 bits per heavy atom. The summed E-state index contributed by atoms with van der Waals surface area (Å²) in [4.78, 5) is 27.0. The van der Waals surface area contributed by atoms with Crippen LogP contribution in [0, 0.1) is 0 Å². The van der Waals surface area contributed by atoms with Crippen LogP contribution in [0.1, 0.15) is 20.7 Å². The monoisotopic (exact) mass is 319 g/mol. The third-order valence-corrected chi connectivity index (χ3v) is 4.93. The standard InChI is InChI=1S/C19H13NO2S/c21-18-16-7-3-4-8-17(16)19(22)20(18)12-23-15-10-9-13-5-1-2-6-14(13)11-15/h1-11H,12H2. The van der Waals surface area contributed by atoms with Crippen LogP contribution in [0.3, 0.4) is 0 Å². The van der Waals surface area contributed by atoms with E-state index in [1.54, 1.807) is 24.3 Å². The van der Waals surface area contributed by atoms with Gasteiger partial charge in [-0.05, 0) is 35.0 Å². The number of benzene rings is 3. The molecular formula is C19H13NO2S. The Labute approximate surface area is 137 Å². The largest absolute Gasteiger partial charge is 0.269 e. The van der Waals surface area contributed by atoms with E-state index < -0.39 is 0 Å².